The maximum absolute atomic E-state index is 11.8. The lowest BCUT2D eigenvalue weighted by Crippen LogP contribution is -2.47. The summed E-state index contributed by atoms with van der Waals surface area (Å²) < 4.78 is 0. The Balaban J connectivity index is 1.90. The normalized spacial score (nSPS) is 33.7. The highest BCUT2D eigenvalue weighted by atomic mass is 16.4. The molecule has 0 spiro atoms. The van der Waals surface area contributed by atoms with Crippen LogP contribution in [0.1, 0.15) is 19.3 Å². The molecule has 2 aliphatic heterocycles. The zero-order valence-corrected chi connectivity index (χ0v) is 8.85. The van der Waals surface area contributed by atoms with Gasteiger partial charge in [0.15, 0.2) is 0 Å². The Morgan fingerprint density at radius 2 is 2.19 bits per heavy atom. The van der Waals surface area contributed by atoms with Crippen LogP contribution < -0.4 is 10.6 Å². The van der Waals surface area contributed by atoms with E-state index in [1.807, 2.05) is 0 Å². The van der Waals surface area contributed by atoms with Crippen LogP contribution in [0, 0.1) is 5.92 Å². The van der Waals surface area contributed by atoms with E-state index in [2.05, 4.69) is 10.6 Å². The smallest absolute Gasteiger partial charge is 0.328 e. The van der Waals surface area contributed by atoms with E-state index in [0.717, 1.165) is 19.3 Å². The summed E-state index contributed by atoms with van der Waals surface area (Å²) in [5, 5.41) is 23.2. The fourth-order valence-electron chi connectivity index (χ4n) is 2.58. The van der Waals surface area contributed by atoms with Crippen LogP contribution in [0.25, 0.3) is 0 Å². The van der Waals surface area contributed by atoms with E-state index >= 15 is 0 Å². The second-order valence-corrected chi connectivity index (χ2v) is 4.47. The molecule has 4 N–H and O–H groups in total. The predicted octanol–water partition coefficient (Wildman–Crippen LogP) is -1.31. The highest BCUT2D eigenvalue weighted by Gasteiger charge is 2.43. The second-order valence-electron chi connectivity index (χ2n) is 4.47. The highest BCUT2D eigenvalue weighted by Crippen LogP contribution is 2.33. The van der Waals surface area contributed by atoms with Crippen molar-refractivity contribution < 1.29 is 19.8 Å². The van der Waals surface area contributed by atoms with Crippen LogP contribution in [0.2, 0.25) is 0 Å². The number of hydrogen-bond donors (Lipinski definition) is 4. The van der Waals surface area contributed by atoms with Crippen molar-refractivity contribution in [3.8, 4) is 0 Å². The zero-order valence-electron chi connectivity index (χ0n) is 8.85. The van der Waals surface area contributed by atoms with Crippen molar-refractivity contribution >= 4 is 11.9 Å². The Labute approximate surface area is 93.0 Å². The van der Waals surface area contributed by atoms with Crippen LogP contribution in [0.4, 0.5) is 0 Å². The maximum atomic E-state index is 11.8. The molecule has 0 aromatic heterocycles. The Bertz CT molecular complexity index is 307. The molecule has 6 nitrogen and oxygen atoms in total. The number of aliphatic hydroxyl groups excluding tert-OH is 1. The number of aliphatic hydroxyl groups is 1. The molecule has 4 unspecified atom stereocenters. The quantitative estimate of drug-likeness (QED) is 0.479. The number of carboxylic acids is 1. The van der Waals surface area contributed by atoms with E-state index in [-0.39, 0.29) is 17.9 Å². The number of carbonyl (C=O) groups is 2. The Hall–Kier alpha value is -1.14. The maximum Gasteiger partial charge on any atom is 0.328 e. The Kier molecular flexibility index (Phi) is 3.11. The Morgan fingerprint density at radius 3 is 2.62 bits per heavy atom. The molecule has 0 radical (unpaired) electrons. The highest BCUT2D eigenvalue weighted by molar-refractivity contribution is 5.85. The third kappa shape index (κ3) is 2.03. The minimum atomic E-state index is -1.20. The fraction of sp³-hybridized carbons (Fsp3) is 0.800. The molecule has 2 rings (SSSR count). The predicted molar refractivity (Wildman–Crippen MR) is 54.7 cm³/mol. The van der Waals surface area contributed by atoms with E-state index in [4.69, 9.17) is 10.2 Å². The van der Waals surface area contributed by atoms with E-state index in [1.54, 1.807) is 0 Å². The molecule has 0 aromatic carbocycles. The first-order chi connectivity index (χ1) is 7.61. The van der Waals surface area contributed by atoms with Gasteiger partial charge in [-0.2, -0.15) is 0 Å². The Morgan fingerprint density at radius 1 is 1.44 bits per heavy atom. The van der Waals surface area contributed by atoms with Crippen molar-refractivity contribution in [3.05, 3.63) is 0 Å². The van der Waals surface area contributed by atoms with Crippen LogP contribution in [-0.4, -0.2) is 46.8 Å². The third-order valence-corrected chi connectivity index (χ3v) is 3.43. The largest absolute Gasteiger partial charge is 0.480 e. The van der Waals surface area contributed by atoms with E-state index in [9.17, 15) is 9.59 Å². The third-order valence-electron chi connectivity index (χ3n) is 3.43. The molecule has 0 aliphatic carbocycles. The lowest BCUT2D eigenvalue weighted by molar-refractivity contribution is -0.143. The number of amides is 1. The van der Waals surface area contributed by atoms with E-state index in [1.165, 1.54) is 0 Å². The zero-order chi connectivity index (χ0) is 11.7. The van der Waals surface area contributed by atoms with Crippen LogP contribution in [0.5, 0.6) is 0 Å². The number of rotatable bonds is 4. The number of hydrogen-bond acceptors (Lipinski definition) is 4. The molecular weight excluding hydrogens is 212 g/mol. The molecule has 2 bridgehead atoms. The summed E-state index contributed by atoms with van der Waals surface area (Å²) in [7, 11) is 0. The lowest BCUT2D eigenvalue weighted by Gasteiger charge is -2.21. The molecular formula is C10H16N2O4. The monoisotopic (exact) mass is 228 g/mol. The van der Waals surface area contributed by atoms with Crippen molar-refractivity contribution in [3.63, 3.8) is 0 Å². The molecule has 0 saturated carbocycles. The minimum Gasteiger partial charge on any atom is -0.480 e. The van der Waals surface area contributed by atoms with Gasteiger partial charge in [-0.25, -0.2) is 4.79 Å². The second kappa shape index (κ2) is 4.39. The van der Waals surface area contributed by atoms with Gasteiger partial charge in [-0.1, -0.05) is 0 Å². The molecule has 2 fully saturated rings. The van der Waals surface area contributed by atoms with Gasteiger partial charge < -0.3 is 20.8 Å². The van der Waals surface area contributed by atoms with Gasteiger partial charge in [0.05, 0.1) is 12.5 Å². The molecule has 1 amide bonds. The first kappa shape index (κ1) is 11.3. The fourth-order valence-corrected chi connectivity index (χ4v) is 2.58. The first-order valence-electron chi connectivity index (χ1n) is 5.52. The lowest BCUT2D eigenvalue weighted by atomic mass is 9.88. The summed E-state index contributed by atoms with van der Waals surface area (Å²) in [4.78, 5) is 22.4. The van der Waals surface area contributed by atoms with Crippen molar-refractivity contribution in [2.24, 2.45) is 5.92 Å². The number of fused-ring (bicyclic) bond motifs is 2. The summed E-state index contributed by atoms with van der Waals surface area (Å²) >= 11 is 0. The van der Waals surface area contributed by atoms with Gasteiger partial charge in [-0.05, 0) is 19.3 Å². The van der Waals surface area contributed by atoms with Crippen LogP contribution in [0.15, 0.2) is 0 Å². The van der Waals surface area contributed by atoms with Gasteiger partial charge in [0.25, 0.3) is 0 Å². The molecule has 2 aliphatic rings. The summed E-state index contributed by atoms with van der Waals surface area (Å²) in [6.45, 7) is -0.574. The van der Waals surface area contributed by atoms with Crippen molar-refractivity contribution in [2.45, 2.75) is 37.4 Å². The molecule has 16 heavy (non-hydrogen) atoms. The average Bonchev–Trinajstić information content (AvgIpc) is 2.86. The summed E-state index contributed by atoms with van der Waals surface area (Å²) in [6.07, 6.45) is 2.84. The van der Waals surface area contributed by atoms with Crippen molar-refractivity contribution in [1.29, 1.82) is 0 Å². The minimum absolute atomic E-state index is 0.146. The standard InChI is InChI=1S/C10H16N2O4/c13-4-8(10(15)16)12-9(14)6-3-5-1-2-7(6)11-5/h5-8,11,13H,1-4H2,(H,12,14)(H,15,16). The number of carboxylic acid groups (broad SMARTS) is 1. The van der Waals surface area contributed by atoms with Gasteiger partial charge in [0.1, 0.15) is 6.04 Å². The SMILES string of the molecule is O=C(O)C(CO)NC(=O)C1CC2CCC1N2. The van der Waals surface area contributed by atoms with Crippen LogP contribution in [0.3, 0.4) is 0 Å². The summed E-state index contributed by atoms with van der Waals surface area (Å²) in [6, 6.07) is -0.608. The van der Waals surface area contributed by atoms with E-state index < -0.39 is 18.6 Å². The molecule has 0 aromatic rings. The number of carbonyl (C=O) groups excluding carboxylic acids is 1. The van der Waals surface area contributed by atoms with Crippen LogP contribution in [-0.2, 0) is 9.59 Å². The van der Waals surface area contributed by atoms with Crippen molar-refractivity contribution in [1.82, 2.24) is 10.6 Å². The van der Waals surface area contributed by atoms with Gasteiger partial charge in [0.2, 0.25) is 5.91 Å². The number of nitrogens with one attached hydrogen (secondary N) is 2. The van der Waals surface area contributed by atoms with Gasteiger partial charge >= 0.3 is 5.97 Å². The van der Waals surface area contributed by atoms with Crippen LogP contribution >= 0.6 is 0 Å². The number of aliphatic carboxylic acids is 1. The average molecular weight is 228 g/mol. The summed E-state index contributed by atoms with van der Waals surface area (Å²) in [5.74, 6) is -1.61. The molecule has 90 valence electrons. The molecule has 2 heterocycles. The molecule has 6 heteroatoms. The summed E-state index contributed by atoms with van der Waals surface area (Å²) in [5.41, 5.74) is 0. The topological polar surface area (TPSA) is 98.7 Å². The van der Waals surface area contributed by atoms with E-state index in [0.29, 0.717) is 6.04 Å². The van der Waals surface area contributed by atoms with Gasteiger partial charge in [-0.15, -0.1) is 0 Å². The molecule has 2 saturated heterocycles. The van der Waals surface area contributed by atoms with Gasteiger partial charge in [-0.3, -0.25) is 4.79 Å². The van der Waals surface area contributed by atoms with Gasteiger partial charge in [0, 0.05) is 12.1 Å². The molecule has 4 atom stereocenters. The first-order valence-corrected chi connectivity index (χ1v) is 5.52. The van der Waals surface area contributed by atoms with Crippen molar-refractivity contribution in [2.75, 3.05) is 6.61 Å².